The lowest BCUT2D eigenvalue weighted by Crippen LogP contribution is -2.23. The first-order valence-electron chi connectivity index (χ1n) is 7.63. The number of carbonyl (C=O) groups excluding carboxylic acids is 1. The van der Waals surface area contributed by atoms with Crippen molar-refractivity contribution in [2.45, 2.75) is 19.9 Å². The number of rotatable bonds is 5. The second-order valence-corrected chi connectivity index (χ2v) is 6.23. The Morgan fingerprint density at radius 2 is 2.13 bits per heavy atom. The Morgan fingerprint density at radius 1 is 1.30 bits per heavy atom. The largest absolute Gasteiger partial charge is 0.460 e. The van der Waals surface area contributed by atoms with E-state index in [0.29, 0.717) is 6.54 Å². The van der Waals surface area contributed by atoms with Gasteiger partial charge in [-0.05, 0) is 34.5 Å². The quantitative estimate of drug-likeness (QED) is 0.636. The Bertz CT molecular complexity index is 830. The van der Waals surface area contributed by atoms with E-state index in [1.165, 1.54) is 0 Å². The predicted molar refractivity (Wildman–Crippen MR) is 95.4 cm³/mol. The summed E-state index contributed by atoms with van der Waals surface area (Å²) in [4.78, 5) is 14.0. The summed E-state index contributed by atoms with van der Waals surface area (Å²) in [7, 11) is 1.82. The molecule has 0 radical (unpaired) electrons. The molecule has 0 aliphatic carbocycles. The van der Waals surface area contributed by atoms with Gasteiger partial charge in [0.15, 0.2) is 0 Å². The van der Waals surface area contributed by atoms with Gasteiger partial charge in [0.05, 0.1) is 0 Å². The van der Waals surface area contributed by atoms with Crippen LogP contribution in [-0.2, 0) is 17.8 Å². The van der Waals surface area contributed by atoms with E-state index in [2.05, 4.69) is 12.3 Å². The number of fused-ring (bicyclic) bond motifs is 1. The summed E-state index contributed by atoms with van der Waals surface area (Å²) >= 11 is 1.64. The number of amides is 1. The van der Waals surface area contributed by atoms with Crippen LogP contribution in [0.1, 0.15) is 23.8 Å². The molecule has 1 aromatic carbocycles. The maximum Gasteiger partial charge on any atom is 0.246 e. The number of para-hydroxylation sites is 1. The van der Waals surface area contributed by atoms with Crippen molar-refractivity contribution < 1.29 is 9.21 Å². The number of likely N-dealkylation sites (N-methyl/N-ethyl adjacent to an activating group) is 1. The standard InChI is InChI=1S/C19H19NO2S/c1-3-17-16(15-6-4-5-7-18(15)22-17)8-9-19(21)20(2)12-14-10-11-23-13-14/h4-11,13H,3,12H2,1-2H3/b9-8+. The Labute approximate surface area is 139 Å². The summed E-state index contributed by atoms with van der Waals surface area (Å²) in [5.74, 6) is 0.902. The van der Waals surface area contributed by atoms with Gasteiger partial charge in [0.1, 0.15) is 11.3 Å². The Morgan fingerprint density at radius 3 is 2.87 bits per heavy atom. The summed E-state index contributed by atoms with van der Waals surface area (Å²) in [6.45, 7) is 2.68. The molecule has 0 spiro atoms. The number of aryl methyl sites for hydroxylation is 1. The minimum Gasteiger partial charge on any atom is -0.460 e. The van der Waals surface area contributed by atoms with E-state index < -0.39 is 0 Å². The molecule has 0 saturated heterocycles. The summed E-state index contributed by atoms with van der Waals surface area (Å²) < 4.78 is 5.85. The molecule has 3 aromatic rings. The monoisotopic (exact) mass is 325 g/mol. The predicted octanol–water partition coefficient (Wildman–Crippen LogP) is 4.73. The maximum absolute atomic E-state index is 12.3. The summed E-state index contributed by atoms with van der Waals surface area (Å²) in [6, 6.07) is 9.96. The molecule has 118 valence electrons. The van der Waals surface area contributed by atoms with Gasteiger partial charge in [-0.1, -0.05) is 25.1 Å². The lowest BCUT2D eigenvalue weighted by molar-refractivity contribution is -0.125. The summed E-state index contributed by atoms with van der Waals surface area (Å²) in [5.41, 5.74) is 3.02. The van der Waals surface area contributed by atoms with Gasteiger partial charge in [0.25, 0.3) is 0 Å². The molecule has 2 aromatic heterocycles. The van der Waals surface area contributed by atoms with Crippen LogP contribution in [-0.4, -0.2) is 17.9 Å². The third-order valence-electron chi connectivity index (χ3n) is 3.80. The molecule has 0 aliphatic rings. The van der Waals surface area contributed by atoms with E-state index in [1.807, 2.05) is 48.8 Å². The van der Waals surface area contributed by atoms with Crippen molar-refractivity contribution >= 4 is 34.3 Å². The second-order valence-electron chi connectivity index (χ2n) is 5.45. The fourth-order valence-corrected chi connectivity index (χ4v) is 3.24. The van der Waals surface area contributed by atoms with E-state index in [4.69, 9.17) is 4.42 Å². The maximum atomic E-state index is 12.3. The third-order valence-corrected chi connectivity index (χ3v) is 4.53. The first-order valence-corrected chi connectivity index (χ1v) is 8.58. The number of furan rings is 1. The van der Waals surface area contributed by atoms with E-state index >= 15 is 0 Å². The molecular formula is C19H19NO2S. The van der Waals surface area contributed by atoms with Crippen LogP contribution in [0.15, 0.2) is 51.6 Å². The summed E-state index contributed by atoms with van der Waals surface area (Å²) in [6.07, 6.45) is 4.30. The highest BCUT2D eigenvalue weighted by Crippen LogP contribution is 2.27. The molecule has 23 heavy (non-hydrogen) atoms. The van der Waals surface area contributed by atoms with Gasteiger partial charge in [-0.25, -0.2) is 0 Å². The highest BCUT2D eigenvalue weighted by Gasteiger charge is 2.11. The Balaban J connectivity index is 1.80. The van der Waals surface area contributed by atoms with Crippen molar-refractivity contribution in [2.24, 2.45) is 0 Å². The van der Waals surface area contributed by atoms with Gasteiger partial charge in [-0.15, -0.1) is 0 Å². The number of thiophene rings is 1. The fraction of sp³-hybridized carbons (Fsp3) is 0.211. The van der Waals surface area contributed by atoms with Gasteiger partial charge >= 0.3 is 0 Å². The lowest BCUT2D eigenvalue weighted by Gasteiger charge is -2.13. The zero-order valence-corrected chi connectivity index (χ0v) is 14.1. The van der Waals surface area contributed by atoms with Crippen LogP contribution in [0.25, 0.3) is 17.0 Å². The van der Waals surface area contributed by atoms with Crippen LogP contribution in [0.2, 0.25) is 0 Å². The van der Waals surface area contributed by atoms with Crippen LogP contribution in [0.4, 0.5) is 0 Å². The molecule has 1 amide bonds. The van der Waals surface area contributed by atoms with Gasteiger partial charge in [0.2, 0.25) is 5.91 Å². The molecule has 0 fully saturated rings. The molecule has 0 saturated carbocycles. The topological polar surface area (TPSA) is 33.5 Å². The SMILES string of the molecule is CCc1oc2ccccc2c1/C=C/C(=O)N(C)Cc1ccsc1. The van der Waals surface area contributed by atoms with Crippen LogP contribution in [0, 0.1) is 0 Å². The van der Waals surface area contributed by atoms with Gasteiger partial charge in [-0.3, -0.25) is 4.79 Å². The normalized spacial score (nSPS) is 11.4. The van der Waals surface area contributed by atoms with Crippen LogP contribution < -0.4 is 0 Å². The summed E-state index contributed by atoms with van der Waals surface area (Å²) in [5, 5.41) is 5.13. The molecule has 2 heterocycles. The average Bonchev–Trinajstić information content (AvgIpc) is 3.19. The number of hydrogen-bond donors (Lipinski definition) is 0. The van der Waals surface area contributed by atoms with Crippen molar-refractivity contribution in [3.63, 3.8) is 0 Å². The van der Waals surface area contributed by atoms with Gasteiger partial charge in [-0.2, -0.15) is 11.3 Å². The first kappa shape index (κ1) is 15.6. The average molecular weight is 325 g/mol. The number of benzene rings is 1. The molecule has 0 unspecified atom stereocenters. The van der Waals surface area contributed by atoms with Crippen molar-refractivity contribution in [1.29, 1.82) is 0 Å². The van der Waals surface area contributed by atoms with E-state index in [9.17, 15) is 4.79 Å². The van der Waals surface area contributed by atoms with Crippen molar-refractivity contribution in [1.82, 2.24) is 4.90 Å². The molecule has 3 nitrogen and oxygen atoms in total. The molecular weight excluding hydrogens is 306 g/mol. The Kier molecular flexibility index (Phi) is 4.63. The van der Waals surface area contributed by atoms with Crippen LogP contribution in [0.5, 0.6) is 0 Å². The number of carbonyl (C=O) groups is 1. The van der Waals surface area contributed by atoms with Crippen molar-refractivity contribution in [2.75, 3.05) is 7.05 Å². The zero-order chi connectivity index (χ0) is 16.2. The molecule has 4 heteroatoms. The second kappa shape index (κ2) is 6.84. The minimum absolute atomic E-state index is 0.0106. The molecule has 0 atom stereocenters. The van der Waals surface area contributed by atoms with Crippen LogP contribution in [0.3, 0.4) is 0 Å². The van der Waals surface area contributed by atoms with E-state index in [0.717, 1.165) is 34.3 Å². The third kappa shape index (κ3) is 3.37. The van der Waals surface area contributed by atoms with E-state index in [-0.39, 0.29) is 5.91 Å². The molecule has 0 aliphatic heterocycles. The highest BCUT2D eigenvalue weighted by molar-refractivity contribution is 7.07. The first-order chi connectivity index (χ1) is 11.2. The number of hydrogen-bond acceptors (Lipinski definition) is 3. The van der Waals surface area contributed by atoms with Gasteiger partial charge in [0, 0.05) is 37.0 Å². The van der Waals surface area contributed by atoms with Crippen LogP contribution >= 0.6 is 11.3 Å². The van der Waals surface area contributed by atoms with Crippen molar-refractivity contribution in [3.8, 4) is 0 Å². The number of nitrogens with zero attached hydrogens (tertiary/aromatic N) is 1. The lowest BCUT2D eigenvalue weighted by atomic mass is 10.1. The fourth-order valence-electron chi connectivity index (χ4n) is 2.58. The molecule has 3 rings (SSSR count). The van der Waals surface area contributed by atoms with Crippen molar-refractivity contribution in [3.05, 3.63) is 64.1 Å². The smallest absolute Gasteiger partial charge is 0.246 e. The minimum atomic E-state index is -0.0106. The Hall–Kier alpha value is -2.33. The van der Waals surface area contributed by atoms with Gasteiger partial charge < -0.3 is 9.32 Å². The zero-order valence-electron chi connectivity index (χ0n) is 13.3. The molecule has 0 N–H and O–H groups in total. The molecule has 0 bridgehead atoms. The highest BCUT2D eigenvalue weighted by atomic mass is 32.1. The van der Waals surface area contributed by atoms with E-state index in [1.54, 1.807) is 22.3 Å².